The van der Waals surface area contributed by atoms with Crippen molar-refractivity contribution in [1.82, 2.24) is 9.55 Å². The van der Waals surface area contributed by atoms with Gasteiger partial charge in [-0.15, -0.1) is 0 Å². The second-order valence-electron chi connectivity index (χ2n) is 9.66. The largest absolute Gasteiger partial charge is 0.459 e. The molecule has 3 aromatic carbocycles. The van der Waals surface area contributed by atoms with E-state index in [0.29, 0.717) is 5.56 Å². The summed E-state index contributed by atoms with van der Waals surface area (Å²) in [5, 5.41) is 2.52. The molecule has 214 valence electrons. The summed E-state index contributed by atoms with van der Waals surface area (Å²) in [6, 6.07) is 25.8. The predicted molar refractivity (Wildman–Crippen MR) is 149 cm³/mol. The Morgan fingerprint density at radius 2 is 1.43 bits per heavy atom. The number of hydrogen-bond donors (Lipinski definition) is 1. The van der Waals surface area contributed by atoms with Gasteiger partial charge in [0.2, 0.25) is 0 Å². The molecule has 0 bridgehead atoms. The molecule has 0 radical (unpaired) electrons. The van der Waals surface area contributed by atoms with Gasteiger partial charge in [0.1, 0.15) is 18.5 Å². The number of rotatable bonds is 8. The number of ether oxygens (including phenoxy) is 3. The zero-order valence-corrected chi connectivity index (χ0v) is 22.4. The molecule has 1 N–H and O–H groups in total. The number of carbonyl (C=O) groups excluding carboxylic acids is 3. The fourth-order valence-electron chi connectivity index (χ4n) is 4.54. The zero-order valence-electron chi connectivity index (χ0n) is 22.4. The second kappa shape index (κ2) is 12.1. The Labute approximate surface area is 239 Å². The van der Waals surface area contributed by atoms with Gasteiger partial charge in [-0.05, 0) is 49.4 Å². The number of anilines is 1. The van der Waals surface area contributed by atoms with Gasteiger partial charge in [-0.25, -0.2) is 18.8 Å². The van der Waals surface area contributed by atoms with Gasteiger partial charge >= 0.3 is 17.6 Å². The Morgan fingerprint density at radius 1 is 0.881 bits per heavy atom. The standard InChI is InChI=1S/C31H26FN3O7/c1-31(32)25(42-28(38)22-15-9-4-10-16-22)23(19-40-27(37)21-13-7-3-8-14-21)41-29(31)35-18-17-24(34-30(35)39)33-26(36)20-11-5-2-6-12-20/h2-18,23,25,29H,19H2,1H3,(H,33,34,36,39)/t23-,25+,29+,31-/m0/s1. The van der Waals surface area contributed by atoms with Crippen LogP contribution in [0.4, 0.5) is 10.2 Å². The molecule has 1 saturated heterocycles. The van der Waals surface area contributed by atoms with E-state index in [1.54, 1.807) is 78.9 Å². The number of carbonyl (C=O) groups is 3. The summed E-state index contributed by atoms with van der Waals surface area (Å²) >= 11 is 0. The third-order valence-electron chi connectivity index (χ3n) is 6.67. The summed E-state index contributed by atoms with van der Waals surface area (Å²) in [4.78, 5) is 54.8. The van der Waals surface area contributed by atoms with Crippen molar-refractivity contribution in [2.45, 2.75) is 31.0 Å². The van der Waals surface area contributed by atoms with Gasteiger partial charge in [-0.1, -0.05) is 54.6 Å². The lowest BCUT2D eigenvalue weighted by atomic mass is 9.98. The van der Waals surface area contributed by atoms with E-state index in [-0.39, 0.29) is 16.9 Å². The number of alkyl halides is 1. The molecule has 1 aliphatic rings. The first kappa shape index (κ1) is 28.4. The summed E-state index contributed by atoms with van der Waals surface area (Å²) < 4.78 is 34.2. The number of halogens is 1. The maximum atomic E-state index is 16.5. The molecule has 0 saturated carbocycles. The molecule has 1 aromatic heterocycles. The van der Waals surface area contributed by atoms with Crippen molar-refractivity contribution >= 4 is 23.7 Å². The first-order chi connectivity index (χ1) is 20.2. The molecule has 0 unspecified atom stereocenters. The molecule has 42 heavy (non-hydrogen) atoms. The highest BCUT2D eigenvalue weighted by atomic mass is 19.1. The van der Waals surface area contributed by atoms with Gasteiger partial charge in [-0.3, -0.25) is 9.36 Å². The summed E-state index contributed by atoms with van der Waals surface area (Å²) in [6.07, 6.45) is -3.23. The monoisotopic (exact) mass is 571 g/mol. The lowest BCUT2D eigenvalue weighted by Gasteiger charge is -2.27. The van der Waals surface area contributed by atoms with Crippen LogP contribution in [-0.4, -0.2) is 51.9 Å². The second-order valence-corrected chi connectivity index (χ2v) is 9.66. The van der Waals surface area contributed by atoms with Gasteiger partial charge in [0.05, 0.1) is 11.1 Å². The SMILES string of the molecule is C[C@]1(F)[C@H](OC(=O)c2ccccc2)[C@H](COC(=O)c2ccccc2)O[C@H]1n1ccc(NC(=O)c2ccccc2)nc1=O. The lowest BCUT2D eigenvalue weighted by molar-refractivity contribution is -0.0648. The van der Waals surface area contributed by atoms with Crippen LogP contribution >= 0.6 is 0 Å². The predicted octanol–water partition coefficient (Wildman–Crippen LogP) is 4.20. The van der Waals surface area contributed by atoms with Crippen LogP contribution in [0.15, 0.2) is 108 Å². The van der Waals surface area contributed by atoms with Gasteiger partial charge in [0, 0.05) is 11.8 Å². The Balaban J connectivity index is 1.39. The molecule has 5 rings (SSSR count). The van der Waals surface area contributed by atoms with Crippen LogP contribution < -0.4 is 11.0 Å². The molecule has 1 amide bonds. The number of esters is 2. The average molecular weight is 572 g/mol. The van der Waals surface area contributed by atoms with Crippen molar-refractivity contribution in [3.63, 3.8) is 0 Å². The number of nitrogens with zero attached hydrogens (tertiary/aromatic N) is 2. The van der Waals surface area contributed by atoms with Crippen LogP contribution in [0.25, 0.3) is 0 Å². The number of amides is 1. The molecular formula is C31H26FN3O7. The van der Waals surface area contributed by atoms with Crippen molar-refractivity contribution in [3.8, 4) is 0 Å². The average Bonchev–Trinajstić information content (AvgIpc) is 3.25. The Morgan fingerprint density at radius 3 is 2.00 bits per heavy atom. The summed E-state index contributed by atoms with van der Waals surface area (Å²) in [5.41, 5.74) is -2.59. The molecule has 0 spiro atoms. The van der Waals surface area contributed by atoms with Gasteiger partial charge in [0.25, 0.3) is 5.91 Å². The van der Waals surface area contributed by atoms with Gasteiger partial charge in [-0.2, -0.15) is 4.98 Å². The fourth-order valence-corrected chi connectivity index (χ4v) is 4.54. The molecule has 10 nitrogen and oxygen atoms in total. The molecule has 1 aliphatic heterocycles. The first-order valence-corrected chi connectivity index (χ1v) is 13.0. The normalized spacial score (nSPS) is 21.3. The van der Waals surface area contributed by atoms with E-state index in [2.05, 4.69) is 10.3 Å². The zero-order chi connectivity index (χ0) is 29.7. The Hall–Kier alpha value is -5.16. The topological polar surface area (TPSA) is 126 Å². The van der Waals surface area contributed by atoms with Crippen molar-refractivity contribution in [3.05, 3.63) is 130 Å². The number of hydrogen-bond acceptors (Lipinski definition) is 8. The van der Waals surface area contributed by atoms with E-state index in [1.165, 1.54) is 24.4 Å². The highest BCUT2D eigenvalue weighted by Crippen LogP contribution is 2.43. The molecule has 1 fully saturated rings. The highest BCUT2D eigenvalue weighted by Gasteiger charge is 2.58. The third-order valence-corrected chi connectivity index (χ3v) is 6.67. The maximum Gasteiger partial charge on any atom is 0.351 e. The van der Waals surface area contributed by atoms with Crippen molar-refractivity contribution in [2.24, 2.45) is 0 Å². The lowest BCUT2D eigenvalue weighted by Crippen LogP contribution is -2.45. The minimum absolute atomic E-state index is 0.0518. The smallest absolute Gasteiger partial charge is 0.351 e. The van der Waals surface area contributed by atoms with Crippen LogP contribution in [0.3, 0.4) is 0 Å². The Kier molecular flexibility index (Phi) is 8.21. The molecule has 11 heteroatoms. The van der Waals surface area contributed by atoms with Crippen LogP contribution in [0.5, 0.6) is 0 Å². The molecule has 2 heterocycles. The van der Waals surface area contributed by atoms with Gasteiger partial charge < -0.3 is 19.5 Å². The number of aromatic nitrogens is 2. The van der Waals surface area contributed by atoms with Crippen LogP contribution in [0.1, 0.15) is 44.2 Å². The summed E-state index contributed by atoms with van der Waals surface area (Å²) in [7, 11) is 0. The van der Waals surface area contributed by atoms with E-state index in [9.17, 15) is 19.2 Å². The van der Waals surface area contributed by atoms with Gasteiger partial charge in [0.15, 0.2) is 18.0 Å². The quantitative estimate of drug-likeness (QED) is 0.312. The summed E-state index contributed by atoms with van der Waals surface area (Å²) in [6.45, 7) is 0.654. The minimum Gasteiger partial charge on any atom is -0.459 e. The van der Waals surface area contributed by atoms with E-state index in [4.69, 9.17) is 14.2 Å². The van der Waals surface area contributed by atoms with Crippen molar-refractivity contribution < 1.29 is 33.0 Å². The van der Waals surface area contributed by atoms with Crippen molar-refractivity contribution in [2.75, 3.05) is 11.9 Å². The molecular weight excluding hydrogens is 545 g/mol. The first-order valence-electron chi connectivity index (χ1n) is 13.0. The summed E-state index contributed by atoms with van der Waals surface area (Å²) in [5.74, 6) is -2.05. The van der Waals surface area contributed by atoms with E-state index >= 15 is 4.39 Å². The van der Waals surface area contributed by atoms with Crippen molar-refractivity contribution in [1.29, 1.82) is 0 Å². The highest BCUT2D eigenvalue weighted by molar-refractivity contribution is 6.03. The third kappa shape index (κ3) is 6.11. The fraction of sp³-hybridized carbons (Fsp3) is 0.194. The van der Waals surface area contributed by atoms with E-state index in [0.717, 1.165) is 11.5 Å². The molecule has 4 atom stereocenters. The van der Waals surface area contributed by atoms with Crippen LogP contribution in [0, 0.1) is 0 Å². The van der Waals surface area contributed by atoms with Crippen LogP contribution in [-0.2, 0) is 14.2 Å². The number of nitrogens with one attached hydrogen (secondary N) is 1. The molecule has 4 aromatic rings. The minimum atomic E-state index is -2.46. The Bertz CT molecular complexity index is 1630. The number of benzene rings is 3. The maximum absolute atomic E-state index is 16.5. The van der Waals surface area contributed by atoms with E-state index < -0.39 is 54.2 Å². The van der Waals surface area contributed by atoms with Crippen LogP contribution in [0.2, 0.25) is 0 Å². The molecule has 0 aliphatic carbocycles. The van der Waals surface area contributed by atoms with E-state index in [1.807, 2.05) is 0 Å².